The first kappa shape index (κ1) is 12.7. The van der Waals surface area contributed by atoms with E-state index in [9.17, 15) is 4.79 Å². The summed E-state index contributed by atoms with van der Waals surface area (Å²) in [6.07, 6.45) is 0. The summed E-state index contributed by atoms with van der Waals surface area (Å²) in [4.78, 5) is 11.8. The van der Waals surface area contributed by atoms with Gasteiger partial charge in [-0.15, -0.1) is 0 Å². The monoisotopic (exact) mass is 364 g/mol. The van der Waals surface area contributed by atoms with Gasteiger partial charge in [-0.25, -0.2) is 0 Å². The maximum atomic E-state index is 11.8. The van der Waals surface area contributed by atoms with Gasteiger partial charge in [-0.2, -0.15) is 0 Å². The molecule has 0 fully saturated rings. The summed E-state index contributed by atoms with van der Waals surface area (Å²) in [6.45, 7) is 2.92. The van der Waals surface area contributed by atoms with Crippen molar-refractivity contribution < 1.29 is 26.0 Å². The van der Waals surface area contributed by atoms with Crippen LogP contribution in [0.5, 0.6) is 0 Å². The van der Waals surface area contributed by atoms with Crippen LogP contribution in [0, 0.1) is 7.14 Å². The van der Waals surface area contributed by atoms with Crippen LogP contribution in [0.15, 0.2) is 48.5 Å². The average molecular weight is 364 g/mol. The molecule has 2 aromatic rings. The Balaban J connectivity index is 1.93. The fourth-order valence-electron chi connectivity index (χ4n) is 2.26. The van der Waals surface area contributed by atoms with Crippen LogP contribution in [0.3, 0.4) is 0 Å². The summed E-state index contributed by atoms with van der Waals surface area (Å²) < 4.78 is 2.79. The number of benzene rings is 2. The molecule has 3 rings (SSSR count). The number of amides is 1. The topological polar surface area (TPSA) is 29.1 Å². The standard InChI is InChI=1S/C16H15INO/c1-11-10-18-16(19)14-8-7-13(9-15(11)14)17-12-5-3-2-4-6-12/h2-9,11H,10H2,1H3,(H,18,19)/q-1/t11-/m0/s1. The van der Waals surface area contributed by atoms with Gasteiger partial charge in [0.15, 0.2) is 0 Å². The number of carbonyl (C=O) groups is 1. The third-order valence-corrected chi connectivity index (χ3v) is 5.95. The van der Waals surface area contributed by atoms with E-state index in [-0.39, 0.29) is 27.1 Å². The quantitative estimate of drug-likeness (QED) is 0.727. The Hall–Kier alpha value is -1.36. The maximum absolute atomic E-state index is 11.8. The van der Waals surface area contributed by atoms with Gasteiger partial charge in [-0.1, -0.05) is 0 Å². The summed E-state index contributed by atoms with van der Waals surface area (Å²) in [5.74, 6) is 0.477. The van der Waals surface area contributed by atoms with Crippen molar-refractivity contribution in [2.45, 2.75) is 12.8 Å². The fraction of sp³-hybridized carbons (Fsp3) is 0.188. The van der Waals surface area contributed by atoms with Crippen molar-refractivity contribution in [1.29, 1.82) is 0 Å². The van der Waals surface area contributed by atoms with Crippen LogP contribution < -0.4 is 26.5 Å². The molecule has 1 aliphatic heterocycles. The third-order valence-electron chi connectivity index (χ3n) is 3.31. The van der Waals surface area contributed by atoms with Gasteiger partial charge in [0.25, 0.3) is 0 Å². The molecule has 1 N–H and O–H groups in total. The molecule has 1 heterocycles. The van der Waals surface area contributed by atoms with Gasteiger partial charge in [0, 0.05) is 0 Å². The molecule has 0 spiro atoms. The molecule has 1 amide bonds. The molecule has 0 aromatic heterocycles. The van der Waals surface area contributed by atoms with E-state index in [1.54, 1.807) is 0 Å². The Bertz CT molecular complexity index is 609. The molecule has 2 nitrogen and oxygen atoms in total. The van der Waals surface area contributed by atoms with E-state index >= 15 is 0 Å². The number of nitrogens with one attached hydrogen (secondary N) is 1. The minimum atomic E-state index is -0.154. The molecule has 19 heavy (non-hydrogen) atoms. The van der Waals surface area contributed by atoms with E-state index in [0.29, 0.717) is 5.92 Å². The predicted octanol–water partition coefficient (Wildman–Crippen LogP) is -0.338. The normalized spacial score (nSPS) is 17.9. The van der Waals surface area contributed by atoms with E-state index in [4.69, 9.17) is 0 Å². The molecule has 0 unspecified atom stereocenters. The first-order valence-electron chi connectivity index (χ1n) is 6.36. The molecule has 0 radical (unpaired) electrons. The van der Waals surface area contributed by atoms with Gasteiger partial charge in [-0.05, 0) is 0 Å². The first-order valence-corrected chi connectivity index (χ1v) is 8.52. The molecule has 0 aliphatic carbocycles. The molecule has 2 aromatic carbocycles. The van der Waals surface area contributed by atoms with Crippen LogP contribution in [0.1, 0.15) is 28.8 Å². The molecule has 1 aliphatic rings. The van der Waals surface area contributed by atoms with Crippen LogP contribution in [0.2, 0.25) is 0 Å². The summed E-state index contributed by atoms with van der Waals surface area (Å²) in [7, 11) is 0. The molecule has 0 saturated carbocycles. The molecule has 98 valence electrons. The summed E-state index contributed by atoms with van der Waals surface area (Å²) >= 11 is -0.154. The van der Waals surface area contributed by atoms with Crippen molar-refractivity contribution in [1.82, 2.24) is 5.32 Å². The number of fused-ring (bicyclic) bond motifs is 1. The van der Waals surface area contributed by atoms with Gasteiger partial charge in [0.1, 0.15) is 0 Å². The van der Waals surface area contributed by atoms with Crippen molar-refractivity contribution in [2.24, 2.45) is 0 Å². The summed E-state index contributed by atoms with van der Waals surface area (Å²) in [5, 5.41) is 2.93. The Morgan fingerprint density at radius 3 is 2.68 bits per heavy atom. The fourth-order valence-corrected chi connectivity index (χ4v) is 4.61. The van der Waals surface area contributed by atoms with Crippen molar-refractivity contribution >= 4 is 5.91 Å². The van der Waals surface area contributed by atoms with Gasteiger partial charge >= 0.3 is 123 Å². The zero-order chi connectivity index (χ0) is 13.2. The zero-order valence-corrected chi connectivity index (χ0v) is 12.8. The number of rotatable bonds is 2. The summed E-state index contributed by atoms with van der Waals surface area (Å²) in [6, 6.07) is 16.9. The molecule has 0 saturated heterocycles. The van der Waals surface area contributed by atoms with Crippen molar-refractivity contribution in [3.63, 3.8) is 0 Å². The van der Waals surface area contributed by atoms with Crippen LogP contribution in [0.4, 0.5) is 0 Å². The second-order valence-corrected chi connectivity index (χ2v) is 7.76. The van der Waals surface area contributed by atoms with Crippen molar-refractivity contribution in [3.05, 3.63) is 66.8 Å². The van der Waals surface area contributed by atoms with E-state index in [2.05, 4.69) is 48.6 Å². The van der Waals surface area contributed by atoms with Gasteiger partial charge in [0.05, 0.1) is 0 Å². The van der Waals surface area contributed by atoms with Crippen LogP contribution >= 0.6 is 0 Å². The summed E-state index contributed by atoms with van der Waals surface area (Å²) in [5.41, 5.74) is 2.05. The minimum absolute atomic E-state index is 0.0672. The average Bonchev–Trinajstić information content (AvgIpc) is 2.44. The number of hydrogen-bond donors (Lipinski definition) is 1. The number of halogens is 1. The molecule has 0 bridgehead atoms. The van der Waals surface area contributed by atoms with Crippen LogP contribution in [0.25, 0.3) is 0 Å². The Morgan fingerprint density at radius 1 is 1.11 bits per heavy atom. The molecule has 3 heteroatoms. The molecular formula is C16H15INO-. The van der Waals surface area contributed by atoms with Crippen molar-refractivity contribution in [2.75, 3.05) is 6.54 Å². The Kier molecular flexibility index (Phi) is 3.55. The molecular weight excluding hydrogens is 349 g/mol. The van der Waals surface area contributed by atoms with Gasteiger partial charge < -0.3 is 0 Å². The number of hydrogen-bond acceptors (Lipinski definition) is 1. The van der Waals surface area contributed by atoms with Crippen LogP contribution in [-0.4, -0.2) is 12.5 Å². The second-order valence-electron chi connectivity index (χ2n) is 4.73. The SMILES string of the molecule is C[C@H]1CNC(=O)c2ccc([I-]c3ccccc3)cc21. The predicted molar refractivity (Wildman–Crippen MR) is 71.0 cm³/mol. The first-order chi connectivity index (χ1) is 9.24. The van der Waals surface area contributed by atoms with Gasteiger partial charge in [0.2, 0.25) is 0 Å². The Morgan fingerprint density at radius 2 is 1.89 bits per heavy atom. The zero-order valence-electron chi connectivity index (χ0n) is 10.7. The third kappa shape index (κ3) is 2.66. The Labute approximate surface area is 123 Å². The van der Waals surface area contributed by atoms with E-state index in [1.165, 1.54) is 12.7 Å². The van der Waals surface area contributed by atoms with Crippen LogP contribution in [-0.2, 0) is 0 Å². The molecule has 1 atom stereocenters. The number of carbonyl (C=O) groups excluding carboxylic acids is 1. The second kappa shape index (κ2) is 5.33. The van der Waals surface area contributed by atoms with E-state index in [0.717, 1.165) is 12.1 Å². The van der Waals surface area contributed by atoms with Gasteiger partial charge in [-0.3, -0.25) is 0 Å². The van der Waals surface area contributed by atoms with E-state index in [1.807, 2.05) is 12.1 Å². The van der Waals surface area contributed by atoms with Crippen molar-refractivity contribution in [3.8, 4) is 0 Å². The van der Waals surface area contributed by atoms with E-state index < -0.39 is 0 Å².